The SMILES string of the molecule is CCCc1c2nc(cc3nc(cc4ccc(cc5ccc1[nH]5)[nH]4)C=C3)C=C2. The molecule has 4 heteroatoms. The Morgan fingerprint density at radius 2 is 1.37 bits per heavy atom. The first-order chi connectivity index (χ1) is 13.3. The Kier molecular flexibility index (Phi) is 3.75. The minimum Gasteiger partial charge on any atom is -0.355 e. The standard InChI is InChI=1S/C23H20N4/c1-2-3-21-22-10-8-19(26-22)13-17-6-4-15(24-17)12-16-5-7-18(25-16)14-20-9-11-23(21)27-20/h4-14,24,26H,2-3H2,1H3. The highest BCUT2D eigenvalue weighted by molar-refractivity contribution is 5.79. The maximum absolute atomic E-state index is 4.84. The van der Waals surface area contributed by atoms with Crippen molar-refractivity contribution in [2.24, 2.45) is 0 Å². The summed E-state index contributed by atoms with van der Waals surface area (Å²) in [4.78, 5) is 16.5. The fraction of sp³-hybridized carbons (Fsp3) is 0.130. The highest BCUT2D eigenvalue weighted by Gasteiger charge is 2.08. The van der Waals surface area contributed by atoms with Crippen LogP contribution in [0.25, 0.3) is 46.4 Å². The number of rotatable bonds is 2. The van der Waals surface area contributed by atoms with Crippen LogP contribution in [-0.4, -0.2) is 19.9 Å². The summed E-state index contributed by atoms with van der Waals surface area (Å²) in [6.45, 7) is 2.20. The molecular formula is C23H20N4. The largest absolute Gasteiger partial charge is 0.355 e. The van der Waals surface area contributed by atoms with E-state index in [1.54, 1.807) is 0 Å². The average molecular weight is 352 g/mol. The third-order valence-corrected chi connectivity index (χ3v) is 4.83. The van der Waals surface area contributed by atoms with Crippen LogP contribution in [0.4, 0.5) is 0 Å². The van der Waals surface area contributed by atoms with Gasteiger partial charge in [0.05, 0.1) is 22.8 Å². The number of aromatic nitrogens is 4. The van der Waals surface area contributed by atoms with E-state index in [1.807, 2.05) is 18.2 Å². The lowest BCUT2D eigenvalue weighted by molar-refractivity contribution is 0.919. The van der Waals surface area contributed by atoms with E-state index in [1.165, 1.54) is 5.56 Å². The van der Waals surface area contributed by atoms with Gasteiger partial charge in [-0.3, -0.25) is 0 Å². The van der Waals surface area contributed by atoms with Gasteiger partial charge in [-0.15, -0.1) is 0 Å². The van der Waals surface area contributed by atoms with Crippen LogP contribution in [0, 0.1) is 0 Å². The quantitative estimate of drug-likeness (QED) is 0.434. The summed E-state index contributed by atoms with van der Waals surface area (Å²) in [7, 11) is 0. The number of nitrogens with one attached hydrogen (secondary N) is 2. The number of nitrogens with zero attached hydrogens (tertiary/aromatic N) is 2. The minimum absolute atomic E-state index is 0.926. The molecule has 27 heavy (non-hydrogen) atoms. The molecule has 2 aliphatic rings. The van der Waals surface area contributed by atoms with Gasteiger partial charge < -0.3 is 9.97 Å². The Morgan fingerprint density at radius 3 is 2.22 bits per heavy atom. The van der Waals surface area contributed by atoms with Gasteiger partial charge in [-0.1, -0.05) is 13.3 Å². The number of fused-ring (bicyclic) bond motifs is 8. The Bertz CT molecular complexity index is 1240. The molecule has 0 saturated heterocycles. The van der Waals surface area contributed by atoms with E-state index >= 15 is 0 Å². The third-order valence-electron chi connectivity index (χ3n) is 4.83. The monoisotopic (exact) mass is 352 g/mol. The van der Waals surface area contributed by atoms with Crippen LogP contribution >= 0.6 is 0 Å². The fourth-order valence-corrected chi connectivity index (χ4v) is 3.58. The van der Waals surface area contributed by atoms with E-state index in [-0.39, 0.29) is 0 Å². The second-order valence-corrected chi connectivity index (χ2v) is 6.91. The molecule has 0 aliphatic carbocycles. The summed E-state index contributed by atoms with van der Waals surface area (Å²) in [5.74, 6) is 0. The molecule has 0 saturated carbocycles. The summed E-state index contributed by atoms with van der Waals surface area (Å²) in [5.41, 5.74) is 9.39. The Balaban J connectivity index is 1.86. The smallest absolute Gasteiger partial charge is 0.0690 e. The highest BCUT2D eigenvalue weighted by Crippen LogP contribution is 2.22. The topological polar surface area (TPSA) is 57.4 Å². The average Bonchev–Trinajstić information content (AvgIpc) is 3.43. The molecule has 0 amide bonds. The second-order valence-electron chi connectivity index (χ2n) is 6.91. The van der Waals surface area contributed by atoms with Crippen molar-refractivity contribution in [1.29, 1.82) is 0 Å². The normalized spacial score (nSPS) is 12.6. The van der Waals surface area contributed by atoms with Crippen LogP contribution in [-0.2, 0) is 6.42 Å². The zero-order valence-corrected chi connectivity index (χ0v) is 15.2. The van der Waals surface area contributed by atoms with E-state index in [0.29, 0.717) is 0 Å². The maximum Gasteiger partial charge on any atom is 0.0690 e. The second kappa shape index (κ2) is 6.40. The summed E-state index contributed by atoms with van der Waals surface area (Å²) in [6, 6.07) is 14.6. The molecule has 8 bridgehead atoms. The molecule has 5 heterocycles. The molecule has 0 fully saturated rings. The van der Waals surface area contributed by atoms with Crippen molar-refractivity contribution >= 4 is 46.4 Å². The predicted molar refractivity (Wildman–Crippen MR) is 113 cm³/mol. The van der Waals surface area contributed by atoms with Crippen LogP contribution in [0.15, 0.2) is 42.5 Å². The van der Waals surface area contributed by atoms with E-state index in [4.69, 9.17) is 4.98 Å². The van der Waals surface area contributed by atoms with Gasteiger partial charge in [0.1, 0.15) is 0 Å². The summed E-state index contributed by atoms with van der Waals surface area (Å²) >= 11 is 0. The first-order valence-electron chi connectivity index (χ1n) is 9.33. The molecular weight excluding hydrogens is 332 g/mol. The van der Waals surface area contributed by atoms with E-state index < -0.39 is 0 Å². The van der Waals surface area contributed by atoms with Gasteiger partial charge in [-0.05, 0) is 73.2 Å². The first-order valence-corrected chi connectivity index (χ1v) is 9.33. The molecule has 0 radical (unpaired) electrons. The fourth-order valence-electron chi connectivity index (χ4n) is 3.58. The summed E-state index contributed by atoms with van der Waals surface area (Å²) in [5, 5.41) is 0. The molecule has 2 aliphatic heterocycles. The molecule has 0 aromatic carbocycles. The lowest BCUT2D eigenvalue weighted by Crippen LogP contribution is -1.89. The Labute approximate surface area is 157 Å². The zero-order valence-electron chi connectivity index (χ0n) is 15.2. The number of aryl methyl sites for hydroxylation is 1. The molecule has 0 unspecified atom stereocenters. The van der Waals surface area contributed by atoms with E-state index in [0.717, 1.165) is 57.7 Å². The van der Waals surface area contributed by atoms with Crippen molar-refractivity contribution < 1.29 is 0 Å². The molecule has 3 aromatic rings. The van der Waals surface area contributed by atoms with Crippen molar-refractivity contribution in [1.82, 2.24) is 19.9 Å². The molecule has 5 rings (SSSR count). The third kappa shape index (κ3) is 3.10. The summed E-state index contributed by atoms with van der Waals surface area (Å²) < 4.78 is 0. The molecule has 2 N–H and O–H groups in total. The number of hydrogen-bond acceptors (Lipinski definition) is 2. The number of aromatic amines is 2. The van der Waals surface area contributed by atoms with Crippen molar-refractivity contribution in [3.63, 3.8) is 0 Å². The number of hydrogen-bond donors (Lipinski definition) is 2. The lowest BCUT2D eigenvalue weighted by Gasteiger charge is -2.00. The Hall–Kier alpha value is -3.40. The molecule has 3 aromatic heterocycles. The zero-order chi connectivity index (χ0) is 18.2. The predicted octanol–water partition coefficient (Wildman–Crippen LogP) is 5.61. The van der Waals surface area contributed by atoms with Crippen molar-refractivity contribution in [2.75, 3.05) is 0 Å². The Morgan fingerprint density at radius 1 is 0.704 bits per heavy atom. The van der Waals surface area contributed by atoms with Crippen LogP contribution < -0.4 is 0 Å². The van der Waals surface area contributed by atoms with Gasteiger partial charge in [0.25, 0.3) is 0 Å². The molecule has 0 atom stereocenters. The van der Waals surface area contributed by atoms with Gasteiger partial charge in [0, 0.05) is 27.6 Å². The van der Waals surface area contributed by atoms with Gasteiger partial charge in [0.15, 0.2) is 0 Å². The van der Waals surface area contributed by atoms with Gasteiger partial charge >= 0.3 is 0 Å². The lowest BCUT2D eigenvalue weighted by atomic mass is 10.1. The van der Waals surface area contributed by atoms with E-state index in [9.17, 15) is 0 Å². The minimum atomic E-state index is 0.926. The van der Waals surface area contributed by atoms with Crippen LogP contribution in [0.3, 0.4) is 0 Å². The van der Waals surface area contributed by atoms with Crippen molar-refractivity contribution in [3.8, 4) is 0 Å². The first kappa shape index (κ1) is 15.8. The maximum atomic E-state index is 4.84. The van der Waals surface area contributed by atoms with Crippen LogP contribution in [0.2, 0.25) is 0 Å². The summed E-state index contributed by atoms with van der Waals surface area (Å²) in [6.07, 6.45) is 10.3. The molecule has 132 valence electrons. The molecule has 4 nitrogen and oxygen atoms in total. The van der Waals surface area contributed by atoms with Crippen molar-refractivity contribution in [2.45, 2.75) is 19.8 Å². The van der Waals surface area contributed by atoms with Crippen LogP contribution in [0.1, 0.15) is 41.7 Å². The van der Waals surface area contributed by atoms with Crippen molar-refractivity contribution in [3.05, 3.63) is 70.8 Å². The number of H-pyrrole nitrogens is 2. The van der Waals surface area contributed by atoms with Crippen LogP contribution in [0.5, 0.6) is 0 Å². The highest BCUT2D eigenvalue weighted by atomic mass is 14.8. The van der Waals surface area contributed by atoms with Gasteiger partial charge in [-0.25, -0.2) is 9.97 Å². The molecule has 0 spiro atoms. The van der Waals surface area contributed by atoms with Gasteiger partial charge in [-0.2, -0.15) is 0 Å². The van der Waals surface area contributed by atoms with E-state index in [2.05, 4.69) is 70.4 Å². The van der Waals surface area contributed by atoms with Gasteiger partial charge in [0.2, 0.25) is 0 Å².